The Bertz CT molecular complexity index is 237. The third-order valence-electron chi connectivity index (χ3n) is 4.98. The van der Waals surface area contributed by atoms with E-state index in [1.165, 1.54) is 64.6 Å². The maximum atomic E-state index is 9.11. The van der Waals surface area contributed by atoms with Crippen molar-refractivity contribution >= 4 is 0 Å². The molecule has 19 heavy (non-hydrogen) atoms. The number of hydrogen-bond donors (Lipinski definition) is 2. The summed E-state index contributed by atoms with van der Waals surface area (Å²) in [6.07, 6.45) is 10.3. The molecule has 2 rings (SSSR count). The Hall–Kier alpha value is -0.120. The standard InChI is InChI=1S/C16H32N2O/c1-2-10-17-15-5-7-16(8-6-15)18-11-3-4-14(13-18)9-12-19/h14-17,19H,2-13H2,1H3. The van der Waals surface area contributed by atoms with Crippen molar-refractivity contribution in [3.8, 4) is 0 Å². The monoisotopic (exact) mass is 268 g/mol. The first kappa shape index (κ1) is 15.3. The zero-order chi connectivity index (χ0) is 13.5. The third kappa shape index (κ3) is 4.73. The molecule has 1 saturated carbocycles. The summed E-state index contributed by atoms with van der Waals surface area (Å²) in [6, 6.07) is 1.59. The van der Waals surface area contributed by atoms with Crippen LogP contribution >= 0.6 is 0 Å². The van der Waals surface area contributed by atoms with Crippen molar-refractivity contribution in [2.24, 2.45) is 5.92 Å². The summed E-state index contributed by atoms with van der Waals surface area (Å²) in [5.74, 6) is 0.745. The molecule has 1 saturated heterocycles. The van der Waals surface area contributed by atoms with Crippen LogP contribution in [0.2, 0.25) is 0 Å². The van der Waals surface area contributed by atoms with Crippen LogP contribution in [-0.2, 0) is 0 Å². The van der Waals surface area contributed by atoms with E-state index in [0.717, 1.165) is 24.4 Å². The molecule has 1 aliphatic carbocycles. The molecule has 112 valence electrons. The number of likely N-dealkylation sites (tertiary alicyclic amines) is 1. The number of piperidine rings is 1. The van der Waals surface area contributed by atoms with Gasteiger partial charge in [0.05, 0.1) is 0 Å². The summed E-state index contributed by atoms with van der Waals surface area (Å²) < 4.78 is 0. The topological polar surface area (TPSA) is 35.5 Å². The molecule has 1 aliphatic heterocycles. The lowest BCUT2D eigenvalue weighted by Crippen LogP contribution is -2.46. The highest BCUT2D eigenvalue weighted by atomic mass is 16.3. The van der Waals surface area contributed by atoms with Gasteiger partial charge in [-0.25, -0.2) is 0 Å². The Kier molecular flexibility index (Phi) is 6.62. The SMILES string of the molecule is CCCNC1CCC(N2CCCC(CCO)C2)CC1. The van der Waals surface area contributed by atoms with Crippen LogP contribution < -0.4 is 5.32 Å². The normalized spacial score (nSPS) is 33.5. The van der Waals surface area contributed by atoms with E-state index in [9.17, 15) is 0 Å². The quantitative estimate of drug-likeness (QED) is 0.776. The highest BCUT2D eigenvalue weighted by Gasteiger charge is 2.29. The van der Waals surface area contributed by atoms with Gasteiger partial charge in [-0.05, 0) is 70.4 Å². The lowest BCUT2D eigenvalue weighted by molar-refractivity contribution is 0.0818. The van der Waals surface area contributed by atoms with Gasteiger partial charge < -0.3 is 15.3 Å². The van der Waals surface area contributed by atoms with Crippen LogP contribution in [0.1, 0.15) is 58.3 Å². The Morgan fingerprint density at radius 1 is 1.16 bits per heavy atom. The lowest BCUT2D eigenvalue weighted by Gasteiger charge is -2.41. The van der Waals surface area contributed by atoms with Crippen molar-refractivity contribution in [1.29, 1.82) is 0 Å². The smallest absolute Gasteiger partial charge is 0.0434 e. The van der Waals surface area contributed by atoms with Crippen molar-refractivity contribution in [2.75, 3.05) is 26.2 Å². The molecule has 0 aromatic rings. The molecule has 0 radical (unpaired) electrons. The molecule has 1 unspecified atom stereocenters. The van der Waals surface area contributed by atoms with Gasteiger partial charge in [0.25, 0.3) is 0 Å². The maximum Gasteiger partial charge on any atom is 0.0434 e. The fourth-order valence-corrected chi connectivity index (χ4v) is 3.84. The largest absolute Gasteiger partial charge is 0.396 e. The number of aliphatic hydroxyl groups excluding tert-OH is 1. The van der Waals surface area contributed by atoms with Crippen LogP contribution in [0.5, 0.6) is 0 Å². The predicted octanol–water partition coefficient (Wildman–Crippen LogP) is 2.39. The highest BCUT2D eigenvalue weighted by molar-refractivity contribution is 4.85. The summed E-state index contributed by atoms with van der Waals surface area (Å²) in [6.45, 7) is 6.31. The minimum Gasteiger partial charge on any atom is -0.396 e. The molecule has 0 spiro atoms. The van der Waals surface area contributed by atoms with Gasteiger partial charge >= 0.3 is 0 Å². The average molecular weight is 268 g/mol. The van der Waals surface area contributed by atoms with E-state index in [2.05, 4.69) is 17.1 Å². The summed E-state index contributed by atoms with van der Waals surface area (Å²) in [4.78, 5) is 2.72. The van der Waals surface area contributed by atoms with E-state index in [-0.39, 0.29) is 0 Å². The van der Waals surface area contributed by atoms with Gasteiger partial charge in [-0.2, -0.15) is 0 Å². The molecular formula is C16H32N2O. The molecule has 1 atom stereocenters. The zero-order valence-electron chi connectivity index (χ0n) is 12.6. The number of nitrogens with one attached hydrogen (secondary N) is 1. The molecule has 0 aromatic carbocycles. The Labute approximate surface area is 118 Å². The second kappa shape index (κ2) is 8.23. The minimum absolute atomic E-state index is 0.367. The van der Waals surface area contributed by atoms with Crippen LogP contribution in [0, 0.1) is 5.92 Å². The maximum absolute atomic E-state index is 9.11. The molecular weight excluding hydrogens is 236 g/mol. The van der Waals surface area contributed by atoms with E-state index in [4.69, 9.17) is 5.11 Å². The van der Waals surface area contributed by atoms with Crippen LogP contribution in [-0.4, -0.2) is 48.3 Å². The summed E-state index contributed by atoms with van der Waals surface area (Å²) in [7, 11) is 0. The van der Waals surface area contributed by atoms with Crippen LogP contribution in [0.3, 0.4) is 0 Å². The van der Waals surface area contributed by atoms with Crippen LogP contribution in [0.15, 0.2) is 0 Å². The van der Waals surface area contributed by atoms with Gasteiger partial charge in [0, 0.05) is 25.2 Å². The van der Waals surface area contributed by atoms with Crippen molar-refractivity contribution in [3.63, 3.8) is 0 Å². The van der Waals surface area contributed by atoms with E-state index in [0.29, 0.717) is 6.61 Å². The Balaban J connectivity index is 1.71. The number of nitrogens with zero attached hydrogens (tertiary/aromatic N) is 1. The molecule has 3 heteroatoms. The molecule has 2 fully saturated rings. The van der Waals surface area contributed by atoms with Crippen molar-refractivity contribution in [3.05, 3.63) is 0 Å². The van der Waals surface area contributed by atoms with Crippen molar-refractivity contribution in [1.82, 2.24) is 10.2 Å². The first-order valence-corrected chi connectivity index (χ1v) is 8.41. The van der Waals surface area contributed by atoms with Crippen LogP contribution in [0.25, 0.3) is 0 Å². The summed E-state index contributed by atoms with van der Waals surface area (Å²) in [5, 5.41) is 12.8. The van der Waals surface area contributed by atoms with Gasteiger partial charge in [0.15, 0.2) is 0 Å². The van der Waals surface area contributed by atoms with E-state index in [1.807, 2.05) is 0 Å². The Morgan fingerprint density at radius 3 is 2.63 bits per heavy atom. The summed E-state index contributed by atoms with van der Waals surface area (Å²) in [5.41, 5.74) is 0. The lowest BCUT2D eigenvalue weighted by atomic mass is 9.87. The second-order valence-electron chi connectivity index (χ2n) is 6.48. The van der Waals surface area contributed by atoms with Gasteiger partial charge in [-0.15, -0.1) is 0 Å². The van der Waals surface area contributed by atoms with E-state index in [1.54, 1.807) is 0 Å². The van der Waals surface area contributed by atoms with Crippen molar-refractivity contribution < 1.29 is 5.11 Å². The second-order valence-corrected chi connectivity index (χ2v) is 6.48. The van der Waals surface area contributed by atoms with E-state index >= 15 is 0 Å². The molecule has 2 aliphatic rings. The Morgan fingerprint density at radius 2 is 1.95 bits per heavy atom. The molecule has 3 nitrogen and oxygen atoms in total. The molecule has 0 amide bonds. The fraction of sp³-hybridized carbons (Fsp3) is 1.00. The van der Waals surface area contributed by atoms with Crippen LogP contribution in [0.4, 0.5) is 0 Å². The number of rotatable bonds is 6. The molecule has 2 N–H and O–H groups in total. The number of aliphatic hydroxyl groups is 1. The highest BCUT2D eigenvalue weighted by Crippen LogP contribution is 2.28. The zero-order valence-corrected chi connectivity index (χ0v) is 12.6. The first-order valence-electron chi connectivity index (χ1n) is 8.41. The minimum atomic E-state index is 0.367. The molecule has 0 aromatic heterocycles. The van der Waals surface area contributed by atoms with E-state index < -0.39 is 0 Å². The molecule has 0 bridgehead atoms. The van der Waals surface area contributed by atoms with Crippen molar-refractivity contribution in [2.45, 2.75) is 70.4 Å². The average Bonchev–Trinajstić information content (AvgIpc) is 2.46. The van der Waals surface area contributed by atoms with Gasteiger partial charge in [-0.3, -0.25) is 0 Å². The van der Waals surface area contributed by atoms with Gasteiger partial charge in [0.1, 0.15) is 0 Å². The van der Waals surface area contributed by atoms with Gasteiger partial charge in [-0.1, -0.05) is 6.92 Å². The summed E-state index contributed by atoms with van der Waals surface area (Å²) >= 11 is 0. The number of hydrogen-bond acceptors (Lipinski definition) is 3. The predicted molar refractivity (Wildman–Crippen MR) is 80.3 cm³/mol. The first-order chi connectivity index (χ1) is 9.33. The fourth-order valence-electron chi connectivity index (χ4n) is 3.84. The van der Waals surface area contributed by atoms with Gasteiger partial charge in [0.2, 0.25) is 0 Å². The third-order valence-corrected chi connectivity index (χ3v) is 4.98. The molecule has 1 heterocycles.